The van der Waals surface area contributed by atoms with Crippen LogP contribution in [0.2, 0.25) is 0 Å². The summed E-state index contributed by atoms with van der Waals surface area (Å²) in [5.41, 5.74) is 1.01. The molecule has 1 unspecified atom stereocenters. The Morgan fingerprint density at radius 2 is 1.84 bits per heavy atom. The number of hydrogen-bond acceptors (Lipinski definition) is 2. The van der Waals surface area contributed by atoms with Crippen LogP contribution < -0.4 is 0 Å². The maximum absolute atomic E-state index is 11.8. The molecule has 1 aromatic carbocycles. The number of benzene rings is 1. The van der Waals surface area contributed by atoms with E-state index in [-0.39, 0.29) is 6.08 Å². The summed E-state index contributed by atoms with van der Waals surface area (Å²) in [5.74, 6) is 0. The first kappa shape index (κ1) is 15.1. The summed E-state index contributed by atoms with van der Waals surface area (Å²) in [6, 6.07) is 9.54. The standard InChI is InChI=1S/C14H15F3O2/c1-12(19-10-8-14(15,16)17)7-9-18-11-13-5-3-2-4-6-13/h2-10,12H,11H2,1H3/b9-7+,10-8+. The molecule has 0 amide bonds. The average Bonchev–Trinajstić information content (AvgIpc) is 2.34. The number of allylic oxidation sites excluding steroid dienone is 1. The van der Waals surface area contributed by atoms with Crippen molar-refractivity contribution in [1.82, 2.24) is 0 Å². The lowest BCUT2D eigenvalue weighted by molar-refractivity contribution is -0.0818. The van der Waals surface area contributed by atoms with E-state index >= 15 is 0 Å². The minimum Gasteiger partial charge on any atom is -0.497 e. The van der Waals surface area contributed by atoms with Crippen LogP contribution in [0.25, 0.3) is 0 Å². The fourth-order valence-corrected chi connectivity index (χ4v) is 1.17. The molecule has 104 valence electrons. The van der Waals surface area contributed by atoms with Gasteiger partial charge in [0.15, 0.2) is 0 Å². The lowest BCUT2D eigenvalue weighted by Crippen LogP contribution is -2.04. The molecule has 2 nitrogen and oxygen atoms in total. The maximum Gasteiger partial charge on any atom is 0.412 e. The lowest BCUT2D eigenvalue weighted by Gasteiger charge is -2.06. The highest BCUT2D eigenvalue weighted by Gasteiger charge is 2.22. The molecule has 0 saturated carbocycles. The van der Waals surface area contributed by atoms with Gasteiger partial charge in [-0.1, -0.05) is 30.3 Å². The molecule has 0 aromatic heterocycles. The van der Waals surface area contributed by atoms with Crippen molar-refractivity contribution in [3.05, 3.63) is 60.6 Å². The monoisotopic (exact) mass is 272 g/mol. The zero-order valence-corrected chi connectivity index (χ0v) is 10.4. The van der Waals surface area contributed by atoms with E-state index in [0.717, 1.165) is 5.56 Å². The van der Waals surface area contributed by atoms with Crippen molar-refractivity contribution in [3.8, 4) is 0 Å². The first-order chi connectivity index (χ1) is 8.97. The molecule has 5 heteroatoms. The Hall–Kier alpha value is -1.91. The molecular formula is C14H15F3O2. The van der Waals surface area contributed by atoms with Crippen LogP contribution in [0.15, 0.2) is 55.0 Å². The second-order valence-corrected chi connectivity index (χ2v) is 3.81. The third kappa shape index (κ3) is 7.91. The Bertz CT molecular complexity index is 410. The largest absolute Gasteiger partial charge is 0.497 e. The Kier molecular flexibility index (Phi) is 5.99. The van der Waals surface area contributed by atoms with Gasteiger partial charge in [-0.15, -0.1) is 0 Å². The van der Waals surface area contributed by atoms with Crippen LogP contribution in [-0.4, -0.2) is 12.3 Å². The smallest absolute Gasteiger partial charge is 0.412 e. The third-order valence-corrected chi connectivity index (χ3v) is 2.09. The van der Waals surface area contributed by atoms with E-state index < -0.39 is 12.3 Å². The summed E-state index contributed by atoms with van der Waals surface area (Å²) < 4.78 is 45.4. The number of halogens is 3. The number of ether oxygens (including phenoxy) is 2. The summed E-state index contributed by atoms with van der Waals surface area (Å²) in [6.45, 7) is 2.02. The van der Waals surface area contributed by atoms with Crippen LogP contribution in [0.1, 0.15) is 12.5 Å². The molecule has 19 heavy (non-hydrogen) atoms. The van der Waals surface area contributed by atoms with Crippen LogP contribution in [0.5, 0.6) is 0 Å². The van der Waals surface area contributed by atoms with Crippen molar-refractivity contribution in [2.45, 2.75) is 25.8 Å². The number of rotatable bonds is 6. The van der Waals surface area contributed by atoms with E-state index in [2.05, 4.69) is 0 Å². The minimum absolute atomic E-state index is 0.0438. The van der Waals surface area contributed by atoms with E-state index in [1.54, 1.807) is 6.92 Å². The molecule has 0 fully saturated rings. The van der Waals surface area contributed by atoms with E-state index in [1.165, 1.54) is 12.3 Å². The normalized spacial score (nSPS) is 13.9. The van der Waals surface area contributed by atoms with Gasteiger partial charge in [0.05, 0.1) is 18.6 Å². The van der Waals surface area contributed by atoms with E-state index in [9.17, 15) is 13.2 Å². The molecular weight excluding hydrogens is 257 g/mol. The van der Waals surface area contributed by atoms with E-state index in [0.29, 0.717) is 12.9 Å². The number of alkyl halides is 3. The van der Waals surface area contributed by atoms with Gasteiger partial charge in [-0.2, -0.15) is 13.2 Å². The molecule has 1 aromatic rings. The molecule has 1 rings (SSSR count). The predicted molar refractivity (Wildman–Crippen MR) is 66.1 cm³/mol. The summed E-state index contributed by atoms with van der Waals surface area (Å²) in [4.78, 5) is 0. The van der Waals surface area contributed by atoms with Gasteiger partial charge < -0.3 is 9.47 Å². The minimum atomic E-state index is -4.35. The van der Waals surface area contributed by atoms with Gasteiger partial charge >= 0.3 is 6.18 Å². The highest BCUT2D eigenvalue weighted by Crippen LogP contribution is 2.16. The number of hydrogen-bond donors (Lipinski definition) is 0. The lowest BCUT2D eigenvalue weighted by atomic mass is 10.2. The Labute approximate surface area is 110 Å². The fourth-order valence-electron chi connectivity index (χ4n) is 1.17. The van der Waals surface area contributed by atoms with Crippen LogP contribution in [0.4, 0.5) is 13.2 Å². The summed E-state index contributed by atoms with van der Waals surface area (Å²) in [7, 11) is 0. The van der Waals surface area contributed by atoms with Crippen molar-refractivity contribution in [1.29, 1.82) is 0 Å². The third-order valence-electron chi connectivity index (χ3n) is 2.09. The Morgan fingerprint density at radius 1 is 1.16 bits per heavy atom. The summed E-state index contributed by atoms with van der Waals surface area (Å²) in [6.07, 6.45) is -1.22. The topological polar surface area (TPSA) is 18.5 Å². The molecule has 0 aliphatic heterocycles. The van der Waals surface area contributed by atoms with Crippen molar-refractivity contribution >= 4 is 0 Å². The highest BCUT2D eigenvalue weighted by atomic mass is 19.4. The quantitative estimate of drug-likeness (QED) is 0.723. The molecule has 0 radical (unpaired) electrons. The van der Waals surface area contributed by atoms with E-state index in [1.807, 2.05) is 30.3 Å². The molecule has 0 bridgehead atoms. The van der Waals surface area contributed by atoms with Gasteiger partial charge in [0, 0.05) is 0 Å². The van der Waals surface area contributed by atoms with Crippen LogP contribution in [0, 0.1) is 0 Å². The molecule has 0 heterocycles. The first-order valence-electron chi connectivity index (χ1n) is 5.69. The second-order valence-electron chi connectivity index (χ2n) is 3.81. The van der Waals surface area contributed by atoms with Crippen molar-refractivity contribution in [2.75, 3.05) is 0 Å². The van der Waals surface area contributed by atoms with Crippen LogP contribution in [-0.2, 0) is 16.1 Å². The van der Waals surface area contributed by atoms with Gasteiger partial charge in [0.1, 0.15) is 12.7 Å². The summed E-state index contributed by atoms with van der Waals surface area (Å²) in [5, 5.41) is 0. The molecule has 0 aliphatic carbocycles. The van der Waals surface area contributed by atoms with Crippen molar-refractivity contribution in [2.24, 2.45) is 0 Å². The zero-order chi connectivity index (χ0) is 14.1. The zero-order valence-electron chi connectivity index (χ0n) is 10.4. The average molecular weight is 272 g/mol. The Morgan fingerprint density at radius 3 is 2.47 bits per heavy atom. The fraction of sp³-hybridized carbons (Fsp3) is 0.286. The van der Waals surface area contributed by atoms with Gasteiger partial charge in [0.25, 0.3) is 0 Å². The molecule has 0 N–H and O–H groups in total. The van der Waals surface area contributed by atoms with Gasteiger partial charge in [-0.05, 0) is 18.6 Å². The molecule has 0 spiro atoms. The van der Waals surface area contributed by atoms with E-state index in [4.69, 9.17) is 9.47 Å². The molecule has 1 atom stereocenters. The van der Waals surface area contributed by atoms with Crippen molar-refractivity contribution in [3.63, 3.8) is 0 Å². The Balaban J connectivity index is 2.23. The van der Waals surface area contributed by atoms with Crippen LogP contribution >= 0.6 is 0 Å². The first-order valence-corrected chi connectivity index (χ1v) is 5.69. The molecule has 0 aliphatic rings. The SMILES string of the molecule is CC(/C=C/OCc1ccccc1)O/C=C/C(F)(F)F. The highest BCUT2D eigenvalue weighted by molar-refractivity contribution is 5.13. The summed E-state index contributed by atoms with van der Waals surface area (Å²) >= 11 is 0. The predicted octanol–water partition coefficient (Wildman–Crippen LogP) is 4.20. The second kappa shape index (κ2) is 7.51. The van der Waals surface area contributed by atoms with Crippen molar-refractivity contribution < 1.29 is 22.6 Å². The maximum atomic E-state index is 11.8. The van der Waals surface area contributed by atoms with Crippen LogP contribution in [0.3, 0.4) is 0 Å². The van der Waals surface area contributed by atoms with Gasteiger partial charge in [-0.3, -0.25) is 0 Å². The van der Waals surface area contributed by atoms with Gasteiger partial charge in [0.2, 0.25) is 0 Å². The molecule has 0 saturated heterocycles. The van der Waals surface area contributed by atoms with Gasteiger partial charge in [-0.25, -0.2) is 0 Å².